The molecular formula is C21H17FN2. The number of fused-ring (bicyclic) bond motifs is 1. The van der Waals surface area contributed by atoms with Crippen molar-refractivity contribution >= 4 is 11.0 Å². The van der Waals surface area contributed by atoms with Crippen LogP contribution in [0.25, 0.3) is 22.4 Å². The van der Waals surface area contributed by atoms with Gasteiger partial charge in [-0.3, -0.25) is 0 Å². The van der Waals surface area contributed by atoms with E-state index in [0.717, 1.165) is 28.0 Å². The minimum atomic E-state index is -0.218. The molecule has 0 spiro atoms. The Morgan fingerprint density at radius 1 is 0.833 bits per heavy atom. The van der Waals surface area contributed by atoms with Crippen molar-refractivity contribution in [2.45, 2.75) is 13.0 Å². The Hall–Kier alpha value is -2.94. The Labute approximate surface area is 140 Å². The summed E-state index contributed by atoms with van der Waals surface area (Å²) in [7, 11) is 0. The molecule has 1 atom stereocenters. The van der Waals surface area contributed by atoms with Crippen LogP contribution in [0.2, 0.25) is 0 Å². The summed E-state index contributed by atoms with van der Waals surface area (Å²) in [6.45, 7) is 2.12. The summed E-state index contributed by atoms with van der Waals surface area (Å²) in [5.41, 5.74) is 4.16. The molecule has 0 bridgehead atoms. The fourth-order valence-corrected chi connectivity index (χ4v) is 3.12. The molecule has 24 heavy (non-hydrogen) atoms. The predicted molar refractivity (Wildman–Crippen MR) is 95.4 cm³/mol. The van der Waals surface area contributed by atoms with Crippen molar-refractivity contribution in [2.75, 3.05) is 0 Å². The van der Waals surface area contributed by atoms with Gasteiger partial charge in [-0.15, -0.1) is 0 Å². The molecule has 1 unspecified atom stereocenters. The molecule has 0 aliphatic carbocycles. The van der Waals surface area contributed by atoms with Gasteiger partial charge >= 0.3 is 0 Å². The number of nitrogens with zero attached hydrogens (tertiary/aromatic N) is 2. The maximum absolute atomic E-state index is 13.3. The Morgan fingerprint density at radius 3 is 2.25 bits per heavy atom. The zero-order chi connectivity index (χ0) is 16.5. The van der Waals surface area contributed by atoms with Crippen LogP contribution in [0.3, 0.4) is 0 Å². The lowest BCUT2D eigenvalue weighted by molar-refractivity contribution is 0.621. The Bertz CT molecular complexity index is 972. The Kier molecular flexibility index (Phi) is 3.62. The summed E-state index contributed by atoms with van der Waals surface area (Å²) in [4.78, 5) is 4.84. The molecular weight excluding hydrogens is 299 g/mol. The van der Waals surface area contributed by atoms with E-state index in [9.17, 15) is 4.39 Å². The summed E-state index contributed by atoms with van der Waals surface area (Å²) in [5.74, 6) is 0.707. The van der Waals surface area contributed by atoms with Crippen LogP contribution < -0.4 is 0 Å². The normalized spacial score (nSPS) is 12.4. The molecule has 0 radical (unpaired) electrons. The molecule has 1 aromatic heterocycles. The van der Waals surface area contributed by atoms with E-state index in [1.807, 2.05) is 48.5 Å². The highest BCUT2D eigenvalue weighted by molar-refractivity contribution is 5.81. The molecule has 0 aliphatic heterocycles. The van der Waals surface area contributed by atoms with Gasteiger partial charge in [0.25, 0.3) is 0 Å². The van der Waals surface area contributed by atoms with Crippen molar-refractivity contribution in [3.63, 3.8) is 0 Å². The first-order chi connectivity index (χ1) is 11.7. The van der Waals surface area contributed by atoms with E-state index in [1.54, 1.807) is 0 Å². The van der Waals surface area contributed by atoms with E-state index in [-0.39, 0.29) is 11.9 Å². The third kappa shape index (κ3) is 2.48. The Morgan fingerprint density at radius 2 is 1.50 bits per heavy atom. The zero-order valence-electron chi connectivity index (χ0n) is 13.4. The van der Waals surface area contributed by atoms with Crippen LogP contribution >= 0.6 is 0 Å². The van der Waals surface area contributed by atoms with Crippen molar-refractivity contribution in [2.24, 2.45) is 0 Å². The second kappa shape index (κ2) is 5.93. The first-order valence-electron chi connectivity index (χ1n) is 8.02. The quantitative estimate of drug-likeness (QED) is 0.491. The molecule has 1 heterocycles. The molecule has 0 saturated heterocycles. The summed E-state index contributed by atoms with van der Waals surface area (Å²) >= 11 is 0. The lowest BCUT2D eigenvalue weighted by Gasteiger charge is -2.18. The standard InChI is InChI=1S/C21H17FN2/c1-15(16-11-13-18(22)14-12-16)24-20-10-6-5-9-19(20)23-21(24)17-7-3-2-4-8-17/h2-15H,1H3. The maximum Gasteiger partial charge on any atom is 0.141 e. The van der Waals surface area contributed by atoms with E-state index < -0.39 is 0 Å². The van der Waals surface area contributed by atoms with Gasteiger partial charge in [-0.2, -0.15) is 0 Å². The molecule has 4 rings (SSSR count). The number of rotatable bonds is 3. The van der Waals surface area contributed by atoms with Crippen LogP contribution in [-0.4, -0.2) is 9.55 Å². The molecule has 0 N–H and O–H groups in total. The number of halogens is 1. The molecule has 0 fully saturated rings. The zero-order valence-corrected chi connectivity index (χ0v) is 13.4. The van der Waals surface area contributed by atoms with E-state index in [1.165, 1.54) is 12.1 Å². The number of hydrogen-bond donors (Lipinski definition) is 0. The van der Waals surface area contributed by atoms with E-state index in [4.69, 9.17) is 4.98 Å². The summed E-state index contributed by atoms with van der Waals surface area (Å²) < 4.78 is 15.5. The van der Waals surface area contributed by atoms with Gasteiger partial charge in [0, 0.05) is 5.56 Å². The Balaban J connectivity index is 1.94. The van der Waals surface area contributed by atoms with Crippen LogP contribution in [0.1, 0.15) is 18.5 Å². The van der Waals surface area contributed by atoms with Gasteiger partial charge in [0.1, 0.15) is 11.6 Å². The van der Waals surface area contributed by atoms with Gasteiger partial charge in [-0.05, 0) is 36.8 Å². The first-order valence-corrected chi connectivity index (χ1v) is 8.02. The van der Waals surface area contributed by atoms with Crippen LogP contribution in [0.15, 0.2) is 78.9 Å². The third-order valence-electron chi connectivity index (χ3n) is 4.37. The van der Waals surface area contributed by atoms with Crippen molar-refractivity contribution in [3.8, 4) is 11.4 Å². The lowest BCUT2D eigenvalue weighted by Crippen LogP contribution is -2.08. The van der Waals surface area contributed by atoms with Crippen LogP contribution in [0, 0.1) is 5.82 Å². The van der Waals surface area contributed by atoms with Crippen LogP contribution in [0.4, 0.5) is 4.39 Å². The van der Waals surface area contributed by atoms with Gasteiger partial charge < -0.3 is 4.57 Å². The number of hydrogen-bond acceptors (Lipinski definition) is 1. The van der Waals surface area contributed by atoms with Crippen molar-refractivity contribution in [3.05, 3.63) is 90.2 Å². The van der Waals surface area contributed by atoms with E-state index >= 15 is 0 Å². The number of benzene rings is 3. The monoisotopic (exact) mass is 316 g/mol. The molecule has 4 aromatic rings. The van der Waals surface area contributed by atoms with Gasteiger partial charge in [-0.1, -0.05) is 54.6 Å². The maximum atomic E-state index is 13.3. The van der Waals surface area contributed by atoms with Gasteiger partial charge in [0.2, 0.25) is 0 Å². The first kappa shape index (κ1) is 14.6. The molecule has 0 aliphatic rings. The highest BCUT2D eigenvalue weighted by Crippen LogP contribution is 2.31. The second-order valence-electron chi connectivity index (χ2n) is 5.89. The molecule has 3 heteroatoms. The topological polar surface area (TPSA) is 17.8 Å². The van der Waals surface area contributed by atoms with Crippen LogP contribution in [-0.2, 0) is 0 Å². The van der Waals surface area contributed by atoms with Gasteiger partial charge in [-0.25, -0.2) is 9.37 Å². The minimum Gasteiger partial charge on any atom is -0.317 e. The van der Waals surface area contributed by atoms with Crippen molar-refractivity contribution in [1.82, 2.24) is 9.55 Å². The SMILES string of the molecule is CC(c1ccc(F)cc1)n1c(-c2ccccc2)nc2ccccc21. The molecule has 0 saturated carbocycles. The predicted octanol–water partition coefficient (Wildman–Crippen LogP) is 5.45. The third-order valence-corrected chi connectivity index (χ3v) is 4.37. The molecule has 2 nitrogen and oxygen atoms in total. The summed E-state index contributed by atoms with van der Waals surface area (Å²) in [6.07, 6.45) is 0. The molecule has 118 valence electrons. The minimum absolute atomic E-state index is 0.0493. The fraction of sp³-hybridized carbons (Fsp3) is 0.0952. The number of para-hydroxylation sites is 2. The largest absolute Gasteiger partial charge is 0.317 e. The van der Waals surface area contributed by atoms with E-state index in [0.29, 0.717) is 0 Å². The molecule has 0 amide bonds. The number of aromatic nitrogens is 2. The highest BCUT2D eigenvalue weighted by atomic mass is 19.1. The van der Waals surface area contributed by atoms with Crippen LogP contribution in [0.5, 0.6) is 0 Å². The van der Waals surface area contributed by atoms with Crippen molar-refractivity contribution < 1.29 is 4.39 Å². The summed E-state index contributed by atoms with van der Waals surface area (Å²) in [5, 5.41) is 0. The van der Waals surface area contributed by atoms with Crippen molar-refractivity contribution in [1.29, 1.82) is 0 Å². The van der Waals surface area contributed by atoms with E-state index in [2.05, 4.69) is 29.7 Å². The lowest BCUT2D eigenvalue weighted by atomic mass is 10.1. The van der Waals surface area contributed by atoms with Gasteiger partial charge in [0.15, 0.2) is 0 Å². The fourth-order valence-electron chi connectivity index (χ4n) is 3.12. The van der Waals surface area contributed by atoms with Gasteiger partial charge in [0.05, 0.1) is 17.1 Å². The smallest absolute Gasteiger partial charge is 0.141 e. The average Bonchev–Trinajstić information content (AvgIpc) is 3.02. The number of imidazole rings is 1. The highest BCUT2D eigenvalue weighted by Gasteiger charge is 2.18. The summed E-state index contributed by atoms with van der Waals surface area (Å²) in [6, 6.07) is 25.0. The average molecular weight is 316 g/mol. The molecule has 3 aromatic carbocycles. The second-order valence-corrected chi connectivity index (χ2v) is 5.89.